The van der Waals surface area contributed by atoms with Crippen molar-refractivity contribution in [2.75, 3.05) is 0 Å². The van der Waals surface area contributed by atoms with Crippen molar-refractivity contribution in [1.29, 1.82) is 0 Å². The van der Waals surface area contributed by atoms with Crippen LogP contribution in [0.3, 0.4) is 0 Å². The fourth-order valence-electron chi connectivity index (χ4n) is 4.04. The summed E-state index contributed by atoms with van der Waals surface area (Å²) in [4.78, 5) is 0. The Hall–Kier alpha value is -2.97. The van der Waals surface area contributed by atoms with Crippen LogP contribution < -0.4 is 4.57 Å². The molecular formula is C23H14NS+. The van der Waals surface area contributed by atoms with Gasteiger partial charge in [-0.3, -0.25) is 0 Å². The average Bonchev–Trinajstić information content (AvgIpc) is 3.10. The Morgan fingerprint density at radius 2 is 1.32 bits per heavy atom. The van der Waals surface area contributed by atoms with Crippen molar-refractivity contribution in [3.8, 4) is 5.69 Å². The molecule has 0 amide bonds. The first-order valence-electron chi connectivity index (χ1n) is 8.45. The van der Waals surface area contributed by atoms with Gasteiger partial charge in [0.25, 0.3) is 0 Å². The van der Waals surface area contributed by atoms with Crippen LogP contribution in [0.15, 0.2) is 84.4 Å². The minimum absolute atomic E-state index is 1.25. The third kappa shape index (κ3) is 1.75. The fraction of sp³-hybridized carbons (Fsp3) is 0. The molecule has 0 bridgehead atoms. The first-order chi connectivity index (χ1) is 12.4. The van der Waals surface area contributed by atoms with Gasteiger partial charge in [-0.15, -0.1) is 4.57 Å². The Bertz CT molecular complexity index is 1380. The molecule has 0 saturated heterocycles. The molecule has 5 aromatic carbocycles. The van der Waals surface area contributed by atoms with Gasteiger partial charge in [0, 0.05) is 17.5 Å². The number of hydrogen-bond acceptors (Lipinski definition) is 1. The van der Waals surface area contributed by atoms with E-state index in [4.69, 9.17) is 0 Å². The number of fused-ring (bicyclic) bond motifs is 1. The van der Waals surface area contributed by atoms with E-state index >= 15 is 0 Å². The Balaban J connectivity index is 1.82. The smallest absolute Gasteiger partial charge is 0.149 e. The number of thiazole rings is 1. The molecule has 1 nitrogen and oxygen atoms in total. The van der Waals surface area contributed by atoms with Crippen LogP contribution in [0.1, 0.15) is 0 Å². The quantitative estimate of drug-likeness (QED) is 0.253. The third-order valence-corrected chi connectivity index (χ3v) is 6.09. The van der Waals surface area contributed by atoms with Crippen molar-refractivity contribution in [2.24, 2.45) is 0 Å². The van der Waals surface area contributed by atoms with Crippen molar-refractivity contribution in [3.05, 3.63) is 84.4 Å². The van der Waals surface area contributed by atoms with Gasteiger partial charge in [-0.05, 0) is 39.7 Å². The van der Waals surface area contributed by atoms with Crippen LogP contribution in [0.4, 0.5) is 0 Å². The van der Waals surface area contributed by atoms with Crippen molar-refractivity contribution in [1.82, 2.24) is 0 Å². The zero-order valence-electron chi connectivity index (χ0n) is 13.4. The molecule has 6 rings (SSSR count). The SMILES string of the molecule is c1cc2ccc3ccc(-[n+]4csc5ccccc54)c4ccc(c1)c2c34. The van der Waals surface area contributed by atoms with Gasteiger partial charge >= 0.3 is 0 Å². The normalized spacial score (nSPS) is 12.0. The zero-order chi connectivity index (χ0) is 16.4. The van der Waals surface area contributed by atoms with Crippen LogP contribution in [0, 0.1) is 0 Å². The van der Waals surface area contributed by atoms with E-state index in [0.29, 0.717) is 0 Å². The van der Waals surface area contributed by atoms with Crippen molar-refractivity contribution in [3.63, 3.8) is 0 Å². The first kappa shape index (κ1) is 13.3. The van der Waals surface area contributed by atoms with Gasteiger partial charge in [0.05, 0.1) is 5.39 Å². The van der Waals surface area contributed by atoms with Gasteiger partial charge in [0.2, 0.25) is 16.7 Å². The number of nitrogens with zero attached hydrogens (tertiary/aromatic N) is 1. The number of aromatic nitrogens is 1. The van der Waals surface area contributed by atoms with Gasteiger partial charge in [-0.25, -0.2) is 0 Å². The summed E-state index contributed by atoms with van der Waals surface area (Å²) in [5, 5.41) is 8.00. The lowest BCUT2D eigenvalue weighted by Gasteiger charge is -2.11. The summed E-state index contributed by atoms with van der Waals surface area (Å²) in [6.45, 7) is 0. The Kier molecular flexibility index (Phi) is 2.55. The molecule has 116 valence electrons. The lowest BCUT2D eigenvalue weighted by Crippen LogP contribution is -2.28. The molecule has 0 N–H and O–H groups in total. The van der Waals surface area contributed by atoms with Crippen LogP contribution >= 0.6 is 11.3 Å². The summed E-state index contributed by atoms with van der Waals surface area (Å²) in [6, 6.07) is 28.7. The minimum Gasteiger partial charge on any atom is -0.149 e. The molecular weight excluding hydrogens is 322 g/mol. The van der Waals surface area contributed by atoms with Crippen molar-refractivity contribution in [2.45, 2.75) is 0 Å². The molecule has 0 unspecified atom stereocenters. The van der Waals surface area contributed by atoms with Gasteiger partial charge in [0.1, 0.15) is 4.70 Å². The summed E-state index contributed by atoms with van der Waals surface area (Å²) < 4.78 is 3.64. The minimum atomic E-state index is 1.25. The van der Waals surface area contributed by atoms with E-state index in [0.717, 1.165) is 0 Å². The Morgan fingerprint density at radius 1 is 0.600 bits per heavy atom. The largest absolute Gasteiger partial charge is 0.231 e. The lowest BCUT2D eigenvalue weighted by atomic mass is 9.93. The zero-order valence-corrected chi connectivity index (χ0v) is 14.3. The van der Waals surface area contributed by atoms with Crippen LogP contribution in [0.2, 0.25) is 0 Å². The number of hydrogen-bond donors (Lipinski definition) is 0. The second kappa shape index (κ2) is 4.78. The average molecular weight is 336 g/mol. The van der Waals surface area contributed by atoms with Gasteiger partial charge in [-0.1, -0.05) is 59.9 Å². The van der Waals surface area contributed by atoms with E-state index in [1.807, 2.05) is 0 Å². The van der Waals surface area contributed by atoms with E-state index in [1.54, 1.807) is 11.3 Å². The van der Waals surface area contributed by atoms with E-state index in [2.05, 4.69) is 88.9 Å². The van der Waals surface area contributed by atoms with Gasteiger partial charge in [-0.2, -0.15) is 0 Å². The molecule has 0 aliphatic heterocycles. The monoisotopic (exact) mass is 336 g/mol. The highest BCUT2D eigenvalue weighted by molar-refractivity contribution is 7.16. The van der Waals surface area contributed by atoms with Crippen LogP contribution in [0.5, 0.6) is 0 Å². The van der Waals surface area contributed by atoms with E-state index in [1.165, 1.54) is 48.2 Å². The predicted octanol–water partition coefficient (Wildman–Crippen LogP) is 6.08. The van der Waals surface area contributed by atoms with E-state index in [-0.39, 0.29) is 0 Å². The molecule has 6 aromatic rings. The second-order valence-electron chi connectivity index (χ2n) is 6.50. The maximum atomic E-state index is 2.33. The van der Waals surface area contributed by atoms with Gasteiger partial charge in [0.15, 0.2) is 0 Å². The molecule has 0 atom stereocenters. The second-order valence-corrected chi connectivity index (χ2v) is 7.39. The van der Waals surface area contributed by atoms with Crippen LogP contribution in [0.25, 0.3) is 48.2 Å². The Labute approximate surface area is 148 Å². The van der Waals surface area contributed by atoms with Gasteiger partial charge < -0.3 is 0 Å². The predicted molar refractivity (Wildman–Crippen MR) is 107 cm³/mol. The topological polar surface area (TPSA) is 3.88 Å². The highest BCUT2D eigenvalue weighted by Crippen LogP contribution is 2.36. The maximum Gasteiger partial charge on any atom is 0.231 e. The summed E-state index contributed by atoms with van der Waals surface area (Å²) in [7, 11) is 0. The number of para-hydroxylation sites is 1. The Morgan fingerprint density at radius 3 is 2.20 bits per heavy atom. The molecule has 0 radical (unpaired) electrons. The maximum absolute atomic E-state index is 2.33. The number of rotatable bonds is 1. The summed E-state index contributed by atoms with van der Waals surface area (Å²) in [5.41, 5.74) is 4.74. The summed E-state index contributed by atoms with van der Waals surface area (Å²) >= 11 is 1.79. The van der Waals surface area contributed by atoms with Crippen LogP contribution in [-0.2, 0) is 0 Å². The molecule has 0 aliphatic carbocycles. The lowest BCUT2D eigenvalue weighted by molar-refractivity contribution is -0.560. The summed E-state index contributed by atoms with van der Waals surface area (Å²) in [5.74, 6) is 0. The molecule has 0 aliphatic rings. The summed E-state index contributed by atoms with van der Waals surface area (Å²) in [6.07, 6.45) is 0. The standard InChI is InChI=1S/C23H14NS/c1-2-7-21-20(6-1)24(14-25-21)19-13-11-17-9-8-15-4-3-5-16-10-12-18(19)23(17)22(15)16/h1-14H/q+1. The molecule has 0 fully saturated rings. The van der Waals surface area contributed by atoms with E-state index in [9.17, 15) is 0 Å². The van der Waals surface area contributed by atoms with Crippen molar-refractivity contribution < 1.29 is 4.57 Å². The fourth-order valence-corrected chi connectivity index (χ4v) is 4.93. The first-order valence-corrected chi connectivity index (χ1v) is 9.33. The highest BCUT2D eigenvalue weighted by atomic mass is 32.1. The van der Waals surface area contributed by atoms with Crippen LogP contribution in [-0.4, -0.2) is 0 Å². The molecule has 25 heavy (non-hydrogen) atoms. The molecule has 2 heteroatoms. The third-order valence-electron chi connectivity index (χ3n) is 5.18. The van der Waals surface area contributed by atoms with Crippen molar-refractivity contribution >= 4 is 53.9 Å². The molecule has 0 saturated carbocycles. The van der Waals surface area contributed by atoms with E-state index < -0.39 is 0 Å². The molecule has 1 heterocycles. The number of benzene rings is 5. The molecule has 1 aromatic heterocycles. The highest BCUT2D eigenvalue weighted by Gasteiger charge is 2.19. The molecule has 0 spiro atoms.